The molecule has 2 aromatic carbocycles. The maximum Gasteiger partial charge on any atom is 0.273 e. The van der Waals surface area contributed by atoms with Crippen LogP contribution in [0, 0.1) is 5.82 Å². The molecule has 2 amide bonds. The van der Waals surface area contributed by atoms with E-state index in [1.165, 1.54) is 25.3 Å². The normalized spacial score (nSPS) is 19.1. The van der Waals surface area contributed by atoms with Crippen molar-refractivity contribution >= 4 is 11.8 Å². The Morgan fingerprint density at radius 3 is 2.92 bits per heavy atom. The van der Waals surface area contributed by atoms with Crippen molar-refractivity contribution in [2.45, 2.75) is 44.9 Å². The molecule has 0 saturated carbocycles. The van der Waals surface area contributed by atoms with E-state index in [1.807, 2.05) is 24.3 Å². The Bertz CT molecular complexity index is 1250. The molecule has 0 bridgehead atoms. The molecule has 3 heterocycles. The van der Waals surface area contributed by atoms with Crippen molar-refractivity contribution in [2.24, 2.45) is 0 Å². The minimum Gasteiger partial charge on any atom is -0.484 e. The van der Waals surface area contributed by atoms with Gasteiger partial charge >= 0.3 is 0 Å². The Balaban J connectivity index is 1.29. The van der Waals surface area contributed by atoms with Gasteiger partial charge in [-0.3, -0.25) is 9.59 Å². The van der Waals surface area contributed by atoms with Crippen LogP contribution in [0.25, 0.3) is 0 Å². The minimum atomic E-state index is -0.411. The van der Waals surface area contributed by atoms with Crippen LogP contribution in [0.2, 0.25) is 0 Å². The molecule has 1 saturated heterocycles. The van der Waals surface area contributed by atoms with Crippen molar-refractivity contribution in [3.05, 3.63) is 82.8 Å². The van der Waals surface area contributed by atoms with Crippen LogP contribution >= 0.6 is 0 Å². The number of rotatable bonds is 7. The lowest BCUT2D eigenvalue weighted by atomic mass is 9.88. The van der Waals surface area contributed by atoms with E-state index in [2.05, 4.69) is 10.3 Å². The Morgan fingerprint density at radius 1 is 1.25 bits per heavy atom. The summed E-state index contributed by atoms with van der Waals surface area (Å²) in [5.74, 6) is 0.0723. The van der Waals surface area contributed by atoms with Crippen LogP contribution < -0.4 is 10.1 Å². The predicted molar refractivity (Wildman–Crippen MR) is 128 cm³/mol. The zero-order valence-corrected chi connectivity index (χ0v) is 20.0. The number of fused-ring (bicyclic) bond motifs is 1. The number of nitrogens with one attached hydrogen (secondary N) is 1. The first-order valence-corrected chi connectivity index (χ1v) is 12.1. The molecule has 0 spiro atoms. The van der Waals surface area contributed by atoms with Gasteiger partial charge in [-0.15, -0.1) is 0 Å². The third-order valence-corrected chi connectivity index (χ3v) is 6.58. The van der Waals surface area contributed by atoms with Crippen LogP contribution in [0.3, 0.4) is 0 Å². The lowest BCUT2D eigenvalue weighted by Gasteiger charge is -2.37. The minimum absolute atomic E-state index is 0.0266. The number of nitrogens with zero attached hydrogens (tertiary/aromatic N) is 2. The standard InChI is InChI=1S/C27H28FN3O5/c1-17(32)31-10-9-18-7-8-21(13-23(18)26(31)19-4-2-5-20(28)12-19)35-16-25-30-24(15-36-25)27(33)29-14-22-6-3-11-34-22/h2,4-5,7-8,12-13,15,22,26H,3,6,9-11,14,16H2,1H3,(H,29,33). The van der Waals surface area contributed by atoms with Gasteiger partial charge in [-0.2, -0.15) is 0 Å². The molecule has 2 atom stereocenters. The summed E-state index contributed by atoms with van der Waals surface area (Å²) in [5, 5.41) is 2.81. The average Bonchev–Trinajstić information content (AvgIpc) is 3.57. The number of benzene rings is 2. The van der Waals surface area contributed by atoms with Gasteiger partial charge in [-0.05, 0) is 60.2 Å². The van der Waals surface area contributed by atoms with E-state index < -0.39 is 6.04 Å². The van der Waals surface area contributed by atoms with Gasteiger partial charge < -0.3 is 24.1 Å². The highest BCUT2D eigenvalue weighted by Gasteiger charge is 2.31. The van der Waals surface area contributed by atoms with Crippen molar-refractivity contribution < 1.29 is 27.9 Å². The summed E-state index contributed by atoms with van der Waals surface area (Å²) in [6, 6.07) is 11.6. The molecule has 1 N–H and O–H groups in total. The smallest absolute Gasteiger partial charge is 0.273 e. The Labute approximate surface area is 208 Å². The van der Waals surface area contributed by atoms with E-state index in [0.717, 1.165) is 30.6 Å². The fourth-order valence-corrected chi connectivity index (χ4v) is 4.79. The number of ether oxygens (including phenoxy) is 2. The summed E-state index contributed by atoms with van der Waals surface area (Å²) >= 11 is 0. The van der Waals surface area contributed by atoms with Gasteiger partial charge in [0.2, 0.25) is 11.8 Å². The summed E-state index contributed by atoms with van der Waals surface area (Å²) in [4.78, 5) is 30.7. The average molecular weight is 494 g/mol. The van der Waals surface area contributed by atoms with Crippen LogP contribution in [0.5, 0.6) is 5.75 Å². The number of carbonyl (C=O) groups excluding carboxylic acids is 2. The molecule has 2 unspecified atom stereocenters. The van der Waals surface area contributed by atoms with E-state index in [9.17, 15) is 14.0 Å². The number of oxazole rings is 1. The highest BCUT2D eigenvalue weighted by molar-refractivity contribution is 5.91. The molecule has 9 heteroatoms. The molecule has 36 heavy (non-hydrogen) atoms. The summed E-state index contributed by atoms with van der Waals surface area (Å²) in [5.41, 5.74) is 2.85. The predicted octanol–water partition coefficient (Wildman–Crippen LogP) is 3.80. The van der Waals surface area contributed by atoms with E-state index in [4.69, 9.17) is 13.9 Å². The SMILES string of the molecule is CC(=O)N1CCc2ccc(OCc3nc(C(=O)NCC4CCCO4)co3)cc2C1c1cccc(F)c1. The maximum atomic E-state index is 14.0. The topological polar surface area (TPSA) is 93.9 Å². The summed E-state index contributed by atoms with van der Waals surface area (Å²) < 4.78 is 30.9. The lowest BCUT2D eigenvalue weighted by Crippen LogP contribution is -2.39. The number of hydrogen-bond acceptors (Lipinski definition) is 6. The zero-order chi connectivity index (χ0) is 25.1. The Hall–Kier alpha value is -3.72. The third-order valence-electron chi connectivity index (χ3n) is 6.58. The Morgan fingerprint density at radius 2 is 2.14 bits per heavy atom. The van der Waals surface area contributed by atoms with E-state index in [0.29, 0.717) is 30.8 Å². The van der Waals surface area contributed by atoms with Crippen LogP contribution in [0.1, 0.15) is 58.9 Å². The van der Waals surface area contributed by atoms with E-state index in [-0.39, 0.29) is 41.9 Å². The van der Waals surface area contributed by atoms with Gasteiger partial charge in [0, 0.05) is 26.6 Å². The largest absolute Gasteiger partial charge is 0.484 e. The van der Waals surface area contributed by atoms with Crippen LogP contribution in [-0.4, -0.2) is 47.5 Å². The van der Waals surface area contributed by atoms with E-state index >= 15 is 0 Å². The first-order chi connectivity index (χ1) is 17.5. The van der Waals surface area contributed by atoms with Gasteiger partial charge in [0.05, 0.1) is 12.1 Å². The molecule has 5 rings (SSSR count). The fraction of sp³-hybridized carbons (Fsp3) is 0.370. The number of halogens is 1. The van der Waals surface area contributed by atoms with Gasteiger partial charge in [0.25, 0.3) is 5.91 Å². The molecular formula is C27H28FN3O5. The second kappa shape index (κ2) is 10.5. The highest BCUT2D eigenvalue weighted by Crippen LogP contribution is 2.37. The summed E-state index contributed by atoms with van der Waals surface area (Å²) in [6.07, 6.45) is 3.99. The monoisotopic (exact) mass is 493 g/mol. The zero-order valence-electron chi connectivity index (χ0n) is 20.0. The van der Waals surface area contributed by atoms with Gasteiger partial charge in [0.1, 0.15) is 17.8 Å². The summed E-state index contributed by atoms with van der Waals surface area (Å²) in [7, 11) is 0. The number of carbonyl (C=O) groups is 2. The van der Waals surface area contributed by atoms with Gasteiger partial charge in [-0.1, -0.05) is 18.2 Å². The second-order valence-corrected chi connectivity index (χ2v) is 9.04. The summed E-state index contributed by atoms with van der Waals surface area (Å²) in [6.45, 7) is 3.27. The molecule has 2 aliphatic rings. The Kier molecular flexibility index (Phi) is 6.99. The van der Waals surface area contributed by atoms with Crippen molar-refractivity contribution in [1.29, 1.82) is 0 Å². The molecule has 0 radical (unpaired) electrons. The fourth-order valence-electron chi connectivity index (χ4n) is 4.79. The highest BCUT2D eigenvalue weighted by atomic mass is 19.1. The van der Waals surface area contributed by atoms with Crippen molar-refractivity contribution in [2.75, 3.05) is 19.7 Å². The van der Waals surface area contributed by atoms with Crippen LogP contribution in [0.4, 0.5) is 4.39 Å². The molecule has 1 fully saturated rings. The molecule has 8 nitrogen and oxygen atoms in total. The van der Waals surface area contributed by atoms with Gasteiger partial charge in [-0.25, -0.2) is 9.37 Å². The number of aromatic nitrogens is 1. The maximum absolute atomic E-state index is 14.0. The van der Waals surface area contributed by atoms with Crippen molar-refractivity contribution in [3.8, 4) is 5.75 Å². The number of amides is 2. The first-order valence-electron chi connectivity index (χ1n) is 12.1. The molecule has 3 aromatic rings. The quantitative estimate of drug-likeness (QED) is 0.538. The first kappa shape index (κ1) is 24.0. The second-order valence-electron chi connectivity index (χ2n) is 9.04. The lowest BCUT2D eigenvalue weighted by molar-refractivity contribution is -0.130. The van der Waals surface area contributed by atoms with Crippen molar-refractivity contribution in [1.82, 2.24) is 15.2 Å². The van der Waals surface area contributed by atoms with Crippen LogP contribution in [0.15, 0.2) is 53.1 Å². The molecule has 2 aliphatic heterocycles. The molecular weight excluding hydrogens is 465 g/mol. The third kappa shape index (κ3) is 5.26. The molecule has 188 valence electrons. The molecule has 1 aromatic heterocycles. The number of hydrogen-bond donors (Lipinski definition) is 1. The van der Waals surface area contributed by atoms with Gasteiger partial charge in [0.15, 0.2) is 12.3 Å². The van der Waals surface area contributed by atoms with Crippen LogP contribution in [-0.2, 0) is 22.6 Å². The van der Waals surface area contributed by atoms with Crippen molar-refractivity contribution in [3.63, 3.8) is 0 Å². The van der Waals surface area contributed by atoms with E-state index in [1.54, 1.807) is 11.0 Å². The molecule has 0 aliphatic carbocycles.